The molecule has 110 valence electrons. The number of nitrogens with zero attached hydrogens (tertiary/aromatic N) is 1. The molecule has 0 aromatic heterocycles. The number of ether oxygens (including phenoxy) is 1. The van der Waals surface area contributed by atoms with E-state index in [0.717, 1.165) is 30.7 Å². The Kier molecular flexibility index (Phi) is 5.01. The number of carbonyl (C=O) groups is 1. The molecule has 0 spiro atoms. The summed E-state index contributed by atoms with van der Waals surface area (Å²) < 4.78 is 5.72. The molecule has 0 saturated heterocycles. The molecule has 0 aliphatic carbocycles. The summed E-state index contributed by atoms with van der Waals surface area (Å²) in [5.74, 6) is 1.02. The number of hydrogen-bond acceptors (Lipinski definition) is 3. The lowest BCUT2D eigenvalue weighted by Gasteiger charge is -2.32. The lowest BCUT2D eigenvalue weighted by Crippen LogP contribution is -2.45. The van der Waals surface area contributed by atoms with Crippen LogP contribution in [0.15, 0.2) is 24.3 Å². The molecule has 1 aliphatic heterocycles. The van der Waals surface area contributed by atoms with Crippen LogP contribution in [-0.2, 0) is 11.2 Å². The number of carbonyl (C=O) groups excluding carboxylic acids is 1. The van der Waals surface area contributed by atoms with E-state index in [2.05, 4.69) is 0 Å². The van der Waals surface area contributed by atoms with Gasteiger partial charge in [-0.3, -0.25) is 4.79 Å². The van der Waals surface area contributed by atoms with Crippen LogP contribution < -0.4 is 10.5 Å². The fraction of sp³-hybridized carbons (Fsp3) is 0.562. The minimum atomic E-state index is -0.0786. The van der Waals surface area contributed by atoms with Gasteiger partial charge in [-0.1, -0.05) is 18.2 Å². The maximum atomic E-state index is 12.7. The number of para-hydroxylation sites is 1. The van der Waals surface area contributed by atoms with Crippen LogP contribution in [0.5, 0.6) is 5.75 Å². The van der Waals surface area contributed by atoms with Gasteiger partial charge in [0.1, 0.15) is 12.4 Å². The second kappa shape index (κ2) is 6.75. The Balaban J connectivity index is 2.06. The first-order valence-corrected chi connectivity index (χ1v) is 7.34. The summed E-state index contributed by atoms with van der Waals surface area (Å²) >= 11 is 0. The molecular weight excluding hydrogens is 252 g/mol. The van der Waals surface area contributed by atoms with E-state index >= 15 is 0 Å². The van der Waals surface area contributed by atoms with Crippen molar-refractivity contribution in [1.82, 2.24) is 4.90 Å². The highest BCUT2D eigenvalue weighted by Crippen LogP contribution is 2.28. The van der Waals surface area contributed by atoms with Gasteiger partial charge in [0, 0.05) is 12.6 Å². The van der Waals surface area contributed by atoms with E-state index in [4.69, 9.17) is 10.5 Å². The monoisotopic (exact) mass is 276 g/mol. The van der Waals surface area contributed by atoms with Crippen LogP contribution in [0.1, 0.15) is 25.8 Å². The summed E-state index contributed by atoms with van der Waals surface area (Å²) in [7, 11) is 0. The smallest absolute Gasteiger partial charge is 0.229 e. The SMILES string of the molecule is CC(C)N(CCCN)C(=O)C1COc2ccccc2C1. The standard InChI is InChI=1S/C16H24N2O2/c1-12(2)18(9-5-8-17)16(19)14-10-13-6-3-4-7-15(13)20-11-14/h3-4,6-7,12,14H,5,8-11,17H2,1-2H3. The summed E-state index contributed by atoms with van der Waals surface area (Å²) in [4.78, 5) is 14.6. The average molecular weight is 276 g/mol. The van der Waals surface area contributed by atoms with E-state index in [1.165, 1.54) is 0 Å². The Morgan fingerprint density at radius 2 is 2.20 bits per heavy atom. The van der Waals surface area contributed by atoms with Gasteiger partial charge in [-0.15, -0.1) is 0 Å². The van der Waals surface area contributed by atoms with E-state index in [1.807, 2.05) is 43.0 Å². The molecule has 4 heteroatoms. The van der Waals surface area contributed by atoms with Crippen molar-refractivity contribution < 1.29 is 9.53 Å². The molecule has 0 saturated carbocycles. The van der Waals surface area contributed by atoms with Crippen LogP contribution >= 0.6 is 0 Å². The molecule has 20 heavy (non-hydrogen) atoms. The van der Waals surface area contributed by atoms with Gasteiger partial charge < -0.3 is 15.4 Å². The summed E-state index contributed by atoms with van der Waals surface area (Å²) in [6, 6.07) is 8.15. The lowest BCUT2D eigenvalue weighted by atomic mass is 9.95. The Morgan fingerprint density at radius 1 is 1.45 bits per heavy atom. The largest absolute Gasteiger partial charge is 0.492 e. The third kappa shape index (κ3) is 3.31. The second-order valence-electron chi connectivity index (χ2n) is 5.59. The van der Waals surface area contributed by atoms with E-state index in [9.17, 15) is 4.79 Å². The zero-order valence-electron chi connectivity index (χ0n) is 12.3. The normalized spacial score (nSPS) is 17.5. The summed E-state index contributed by atoms with van der Waals surface area (Å²) in [5.41, 5.74) is 6.68. The molecule has 1 aliphatic rings. The molecule has 1 aromatic rings. The van der Waals surface area contributed by atoms with Gasteiger partial charge >= 0.3 is 0 Å². The topological polar surface area (TPSA) is 55.6 Å². The highest BCUT2D eigenvalue weighted by atomic mass is 16.5. The molecule has 1 unspecified atom stereocenters. The Labute approximate surface area is 120 Å². The van der Waals surface area contributed by atoms with Crippen LogP contribution in [0.25, 0.3) is 0 Å². The fourth-order valence-electron chi connectivity index (χ4n) is 2.61. The zero-order valence-corrected chi connectivity index (χ0v) is 12.3. The Bertz CT molecular complexity index is 460. The fourth-order valence-corrected chi connectivity index (χ4v) is 2.61. The first kappa shape index (κ1) is 14.9. The van der Waals surface area contributed by atoms with Crippen molar-refractivity contribution in [1.29, 1.82) is 0 Å². The Hall–Kier alpha value is -1.55. The molecule has 0 radical (unpaired) electrons. The van der Waals surface area contributed by atoms with Crippen molar-refractivity contribution in [2.24, 2.45) is 11.7 Å². The quantitative estimate of drug-likeness (QED) is 0.892. The first-order chi connectivity index (χ1) is 9.63. The maximum Gasteiger partial charge on any atom is 0.229 e. The molecule has 1 heterocycles. The van der Waals surface area contributed by atoms with Crippen molar-refractivity contribution in [2.45, 2.75) is 32.7 Å². The molecule has 0 fully saturated rings. The van der Waals surface area contributed by atoms with Crippen molar-refractivity contribution in [3.05, 3.63) is 29.8 Å². The van der Waals surface area contributed by atoms with E-state index < -0.39 is 0 Å². The summed E-state index contributed by atoms with van der Waals surface area (Å²) in [6.07, 6.45) is 1.61. The van der Waals surface area contributed by atoms with Gasteiger partial charge in [0.05, 0.1) is 5.92 Å². The highest BCUT2D eigenvalue weighted by molar-refractivity contribution is 5.80. The van der Waals surface area contributed by atoms with Crippen molar-refractivity contribution >= 4 is 5.91 Å². The van der Waals surface area contributed by atoms with Gasteiger partial charge in [0.2, 0.25) is 5.91 Å². The highest BCUT2D eigenvalue weighted by Gasteiger charge is 2.30. The van der Waals surface area contributed by atoms with Crippen molar-refractivity contribution in [3.63, 3.8) is 0 Å². The number of benzene rings is 1. The third-order valence-corrected chi connectivity index (χ3v) is 3.74. The number of amides is 1. The molecule has 4 nitrogen and oxygen atoms in total. The van der Waals surface area contributed by atoms with Gasteiger partial charge in [0.25, 0.3) is 0 Å². The average Bonchev–Trinajstić information content (AvgIpc) is 2.46. The van der Waals surface area contributed by atoms with Crippen LogP contribution in [0.3, 0.4) is 0 Å². The van der Waals surface area contributed by atoms with Gasteiger partial charge in [-0.05, 0) is 44.9 Å². The zero-order chi connectivity index (χ0) is 14.5. The number of fused-ring (bicyclic) bond motifs is 1. The maximum absolute atomic E-state index is 12.7. The van der Waals surface area contributed by atoms with Crippen molar-refractivity contribution in [3.8, 4) is 5.75 Å². The van der Waals surface area contributed by atoms with E-state index in [0.29, 0.717) is 13.2 Å². The molecule has 1 atom stereocenters. The molecule has 0 bridgehead atoms. The van der Waals surface area contributed by atoms with Gasteiger partial charge in [-0.2, -0.15) is 0 Å². The lowest BCUT2D eigenvalue weighted by molar-refractivity contribution is -0.138. The van der Waals surface area contributed by atoms with Crippen LogP contribution in [0.4, 0.5) is 0 Å². The summed E-state index contributed by atoms with van der Waals surface area (Å²) in [5, 5.41) is 0. The molecule has 2 N–H and O–H groups in total. The molecular formula is C16H24N2O2. The third-order valence-electron chi connectivity index (χ3n) is 3.74. The number of hydrogen-bond donors (Lipinski definition) is 1. The Morgan fingerprint density at radius 3 is 2.90 bits per heavy atom. The molecule has 2 rings (SSSR count). The first-order valence-electron chi connectivity index (χ1n) is 7.34. The second-order valence-corrected chi connectivity index (χ2v) is 5.59. The number of nitrogens with two attached hydrogens (primary N) is 1. The van der Waals surface area contributed by atoms with Gasteiger partial charge in [0.15, 0.2) is 0 Å². The minimum absolute atomic E-state index is 0.0786. The molecule has 1 aromatic carbocycles. The van der Waals surface area contributed by atoms with Crippen LogP contribution in [0, 0.1) is 5.92 Å². The minimum Gasteiger partial charge on any atom is -0.492 e. The van der Waals surface area contributed by atoms with Crippen molar-refractivity contribution in [2.75, 3.05) is 19.7 Å². The van der Waals surface area contributed by atoms with Crippen LogP contribution in [0.2, 0.25) is 0 Å². The van der Waals surface area contributed by atoms with Gasteiger partial charge in [-0.25, -0.2) is 0 Å². The van der Waals surface area contributed by atoms with E-state index in [1.54, 1.807) is 0 Å². The predicted octanol–water partition coefficient (Wildman–Crippen LogP) is 1.82. The summed E-state index contributed by atoms with van der Waals surface area (Å²) in [6.45, 7) is 5.91. The molecule has 1 amide bonds. The predicted molar refractivity (Wildman–Crippen MR) is 79.7 cm³/mol. The van der Waals surface area contributed by atoms with E-state index in [-0.39, 0.29) is 17.9 Å². The number of rotatable bonds is 5. The van der Waals surface area contributed by atoms with Crippen LogP contribution in [-0.4, -0.2) is 36.5 Å².